The molecule has 176 valence electrons. The van der Waals surface area contributed by atoms with Crippen LogP contribution in [-0.2, 0) is 0 Å². The lowest BCUT2D eigenvalue weighted by molar-refractivity contribution is 0.101. The maximum Gasteiger partial charge on any atom is 0.228 e. The molecule has 0 saturated carbocycles. The molecule has 0 radical (unpaired) electrons. The van der Waals surface area contributed by atoms with Gasteiger partial charge in [-0.05, 0) is 60.7 Å². The number of nitrogens with zero attached hydrogens (tertiary/aromatic N) is 3. The van der Waals surface area contributed by atoms with E-state index >= 15 is 0 Å². The van der Waals surface area contributed by atoms with Crippen LogP contribution in [-0.4, -0.2) is 27.5 Å². The van der Waals surface area contributed by atoms with Crippen molar-refractivity contribution in [1.82, 2.24) is 14.6 Å². The number of benzene rings is 3. The van der Waals surface area contributed by atoms with Crippen molar-refractivity contribution < 1.29 is 13.9 Å². The third-order valence-corrected chi connectivity index (χ3v) is 6.42. The van der Waals surface area contributed by atoms with Gasteiger partial charge in [-0.15, -0.1) is 0 Å². The Hall–Kier alpha value is -4.13. The molecule has 6 rings (SSSR count). The Kier molecular flexibility index (Phi) is 5.48. The number of hydrogen-bond donors (Lipinski definition) is 0. The van der Waals surface area contributed by atoms with Gasteiger partial charge in [-0.1, -0.05) is 35.3 Å². The van der Waals surface area contributed by atoms with E-state index in [1.807, 2.05) is 42.6 Å². The normalized spacial score (nSPS) is 11.3. The predicted octanol–water partition coefficient (Wildman–Crippen LogP) is 7.36. The fourth-order valence-corrected chi connectivity index (χ4v) is 4.44. The first-order valence-corrected chi connectivity index (χ1v) is 11.8. The molecule has 8 heteroatoms. The van der Waals surface area contributed by atoms with Crippen LogP contribution in [0.15, 0.2) is 89.5 Å². The number of hydrogen-bond acceptors (Lipinski definition) is 5. The van der Waals surface area contributed by atoms with Gasteiger partial charge in [0.25, 0.3) is 0 Å². The lowest BCUT2D eigenvalue weighted by Gasteiger charge is -2.05. The summed E-state index contributed by atoms with van der Waals surface area (Å²) >= 11 is 12.3. The molecule has 0 saturated heterocycles. The number of methoxy groups -OCH3 is 1. The molecule has 0 bridgehead atoms. The van der Waals surface area contributed by atoms with Gasteiger partial charge in [0, 0.05) is 38.8 Å². The molecule has 0 atom stereocenters. The first-order valence-electron chi connectivity index (χ1n) is 11.0. The van der Waals surface area contributed by atoms with Crippen LogP contribution in [0, 0.1) is 0 Å². The molecule has 3 aromatic heterocycles. The second-order valence-electron chi connectivity index (χ2n) is 8.16. The number of furan rings is 1. The highest BCUT2D eigenvalue weighted by Crippen LogP contribution is 2.37. The standard InChI is InChI=1S/C28H17Cl2N3O3/c1-35-20-9-4-17(5-10-20)27(34)28-26(21-14-19(30)8-11-24(21)36-28)22-12-13-33-25(31-22)15-23(32-33)16-2-6-18(29)7-3-16/h2-15H,1H3. The maximum atomic E-state index is 13.6. The second kappa shape index (κ2) is 8.82. The number of ether oxygens (including phenoxy) is 1. The smallest absolute Gasteiger partial charge is 0.228 e. The van der Waals surface area contributed by atoms with Crippen molar-refractivity contribution in [3.8, 4) is 28.3 Å². The number of halogens is 2. The monoisotopic (exact) mass is 513 g/mol. The predicted molar refractivity (Wildman–Crippen MR) is 140 cm³/mol. The number of carbonyl (C=O) groups excluding carboxylic acids is 1. The van der Waals surface area contributed by atoms with Crippen LogP contribution < -0.4 is 4.74 Å². The van der Waals surface area contributed by atoms with Crippen molar-refractivity contribution in [2.24, 2.45) is 0 Å². The van der Waals surface area contributed by atoms with Crippen molar-refractivity contribution in [3.63, 3.8) is 0 Å². The molecular weight excluding hydrogens is 497 g/mol. The number of fused-ring (bicyclic) bond motifs is 2. The zero-order valence-corrected chi connectivity index (χ0v) is 20.4. The summed E-state index contributed by atoms with van der Waals surface area (Å²) in [7, 11) is 1.58. The van der Waals surface area contributed by atoms with Gasteiger partial charge in [0.05, 0.1) is 24.1 Å². The van der Waals surface area contributed by atoms with E-state index < -0.39 is 0 Å². The largest absolute Gasteiger partial charge is 0.497 e. The minimum atomic E-state index is -0.267. The molecule has 3 heterocycles. The topological polar surface area (TPSA) is 69.6 Å². The van der Waals surface area contributed by atoms with Gasteiger partial charge in [-0.25, -0.2) is 9.50 Å². The molecule has 6 aromatic rings. The molecule has 6 nitrogen and oxygen atoms in total. The van der Waals surface area contributed by atoms with E-state index in [1.165, 1.54) is 0 Å². The average molecular weight is 514 g/mol. The third kappa shape index (κ3) is 3.90. The van der Waals surface area contributed by atoms with Gasteiger partial charge in [0.1, 0.15) is 11.3 Å². The van der Waals surface area contributed by atoms with E-state index in [4.69, 9.17) is 37.3 Å². The highest BCUT2D eigenvalue weighted by atomic mass is 35.5. The van der Waals surface area contributed by atoms with E-state index in [0.717, 1.165) is 11.3 Å². The lowest BCUT2D eigenvalue weighted by atomic mass is 10.0. The summed E-state index contributed by atoms with van der Waals surface area (Å²) in [5.74, 6) is 0.580. The minimum absolute atomic E-state index is 0.187. The fraction of sp³-hybridized carbons (Fsp3) is 0.0357. The Morgan fingerprint density at radius 1 is 0.889 bits per heavy atom. The Morgan fingerprint density at radius 2 is 1.64 bits per heavy atom. The highest BCUT2D eigenvalue weighted by Gasteiger charge is 2.25. The van der Waals surface area contributed by atoms with Crippen LogP contribution >= 0.6 is 23.2 Å². The summed E-state index contributed by atoms with van der Waals surface area (Å²) in [6.45, 7) is 0. The van der Waals surface area contributed by atoms with Crippen LogP contribution in [0.25, 0.3) is 39.1 Å². The fourth-order valence-electron chi connectivity index (χ4n) is 4.14. The zero-order valence-electron chi connectivity index (χ0n) is 18.9. The van der Waals surface area contributed by atoms with Gasteiger partial charge in [-0.3, -0.25) is 4.79 Å². The summed E-state index contributed by atoms with van der Waals surface area (Å²) in [6.07, 6.45) is 1.81. The van der Waals surface area contributed by atoms with Gasteiger partial charge >= 0.3 is 0 Å². The van der Waals surface area contributed by atoms with Gasteiger partial charge < -0.3 is 9.15 Å². The summed E-state index contributed by atoms with van der Waals surface area (Å²) < 4.78 is 13.0. The Labute approximate surface area is 215 Å². The molecule has 0 aliphatic carbocycles. The van der Waals surface area contributed by atoms with Crippen molar-refractivity contribution in [2.45, 2.75) is 0 Å². The van der Waals surface area contributed by atoms with Crippen LogP contribution in [0.2, 0.25) is 10.0 Å². The van der Waals surface area contributed by atoms with E-state index in [-0.39, 0.29) is 11.5 Å². The van der Waals surface area contributed by atoms with Gasteiger partial charge in [0.2, 0.25) is 5.78 Å². The Balaban J connectivity index is 1.50. The van der Waals surface area contributed by atoms with E-state index in [2.05, 4.69) is 5.10 Å². The molecule has 0 aliphatic heterocycles. The van der Waals surface area contributed by atoms with E-state index in [1.54, 1.807) is 54.1 Å². The van der Waals surface area contributed by atoms with Gasteiger partial charge in [-0.2, -0.15) is 5.10 Å². The first-order chi connectivity index (χ1) is 17.5. The molecule has 0 unspecified atom stereocenters. The van der Waals surface area contributed by atoms with Crippen molar-refractivity contribution in [3.05, 3.63) is 106 Å². The molecule has 0 N–H and O–H groups in total. The number of aromatic nitrogens is 3. The van der Waals surface area contributed by atoms with E-state index in [0.29, 0.717) is 49.2 Å². The zero-order chi connectivity index (χ0) is 24.8. The Bertz CT molecular complexity index is 1750. The van der Waals surface area contributed by atoms with Crippen molar-refractivity contribution in [1.29, 1.82) is 0 Å². The Morgan fingerprint density at radius 3 is 2.39 bits per heavy atom. The SMILES string of the molecule is COc1ccc(C(=O)c2oc3ccc(Cl)cc3c2-c2ccn3nc(-c4ccc(Cl)cc4)cc3n2)cc1. The molecule has 36 heavy (non-hydrogen) atoms. The maximum absolute atomic E-state index is 13.6. The number of ketones is 1. The van der Waals surface area contributed by atoms with Crippen LogP contribution in [0.3, 0.4) is 0 Å². The minimum Gasteiger partial charge on any atom is -0.497 e. The first kappa shape index (κ1) is 22.3. The quantitative estimate of drug-likeness (QED) is 0.225. The number of carbonyl (C=O) groups is 1. The van der Waals surface area contributed by atoms with Crippen LogP contribution in [0.1, 0.15) is 16.1 Å². The van der Waals surface area contributed by atoms with Crippen LogP contribution in [0.4, 0.5) is 0 Å². The third-order valence-electron chi connectivity index (χ3n) is 5.93. The summed E-state index contributed by atoms with van der Waals surface area (Å²) in [4.78, 5) is 18.4. The average Bonchev–Trinajstić information content (AvgIpc) is 3.49. The lowest BCUT2D eigenvalue weighted by Crippen LogP contribution is -2.02. The van der Waals surface area contributed by atoms with Crippen molar-refractivity contribution >= 4 is 45.6 Å². The van der Waals surface area contributed by atoms with Crippen LogP contribution in [0.5, 0.6) is 5.75 Å². The van der Waals surface area contributed by atoms with E-state index in [9.17, 15) is 4.79 Å². The highest BCUT2D eigenvalue weighted by molar-refractivity contribution is 6.31. The summed E-state index contributed by atoms with van der Waals surface area (Å²) in [6, 6.07) is 23.3. The molecule has 0 spiro atoms. The summed E-state index contributed by atoms with van der Waals surface area (Å²) in [5, 5.41) is 6.51. The summed E-state index contributed by atoms with van der Waals surface area (Å²) in [5.41, 5.74) is 4.46. The molecule has 0 fully saturated rings. The molecule has 0 aliphatic rings. The number of rotatable bonds is 5. The molecule has 3 aromatic carbocycles. The molecule has 0 amide bonds. The van der Waals surface area contributed by atoms with Gasteiger partial charge in [0.15, 0.2) is 11.4 Å². The molecular formula is C28H17Cl2N3O3. The van der Waals surface area contributed by atoms with Crippen molar-refractivity contribution in [2.75, 3.05) is 7.11 Å². The second-order valence-corrected chi connectivity index (χ2v) is 9.03.